The highest BCUT2D eigenvalue weighted by molar-refractivity contribution is 7.57. The molecule has 0 radical (unpaired) electrons. The van der Waals surface area contributed by atoms with E-state index in [2.05, 4.69) is 6.92 Å². The molecule has 0 saturated heterocycles. The van der Waals surface area contributed by atoms with Gasteiger partial charge in [-0.3, -0.25) is 9.36 Å². The van der Waals surface area contributed by atoms with E-state index < -0.39 is 13.3 Å². The van der Waals surface area contributed by atoms with E-state index in [0.29, 0.717) is 54.9 Å². The van der Waals surface area contributed by atoms with Gasteiger partial charge in [0, 0.05) is 29.7 Å². The van der Waals surface area contributed by atoms with Gasteiger partial charge in [0.1, 0.15) is 4.88 Å². The minimum atomic E-state index is -2.71. The molecule has 9 heteroatoms. The summed E-state index contributed by atoms with van der Waals surface area (Å²) in [5.41, 5.74) is 2.46. The number of carbonyl (C=O) groups is 2. The summed E-state index contributed by atoms with van der Waals surface area (Å²) >= 11 is 1.33. The number of anilines is 1. The van der Waals surface area contributed by atoms with Crippen LogP contribution < -0.4 is 4.90 Å². The van der Waals surface area contributed by atoms with Gasteiger partial charge in [0.25, 0.3) is 0 Å². The zero-order chi connectivity index (χ0) is 28.2. The molecule has 2 aromatic rings. The third-order valence-corrected chi connectivity index (χ3v) is 11.0. The van der Waals surface area contributed by atoms with Crippen molar-refractivity contribution in [3.8, 4) is 10.4 Å². The first-order valence-electron chi connectivity index (χ1n) is 14.2. The van der Waals surface area contributed by atoms with Crippen LogP contribution in [0.5, 0.6) is 0 Å². The molecule has 7 nitrogen and oxygen atoms in total. The number of ether oxygens (including phenoxy) is 1. The summed E-state index contributed by atoms with van der Waals surface area (Å²) in [4.78, 5) is 30.3. The van der Waals surface area contributed by atoms with E-state index in [9.17, 15) is 19.3 Å². The van der Waals surface area contributed by atoms with Crippen LogP contribution in [0.2, 0.25) is 0 Å². The lowest BCUT2D eigenvalue weighted by atomic mass is 9.81. The number of hydrogen-bond acceptors (Lipinski definition) is 7. The number of esters is 1. The zero-order valence-electron chi connectivity index (χ0n) is 23.6. The minimum absolute atomic E-state index is 0.0590. The average molecular weight is 576 g/mol. The lowest BCUT2D eigenvalue weighted by Gasteiger charge is -2.38. The van der Waals surface area contributed by atoms with Crippen molar-refractivity contribution in [2.75, 3.05) is 25.3 Å². The van der Waals surface area contributed by atoms with Crippen LogP contribution in [0.3, 0.4) is 0 Å². The highest BCUT2D eigenvalue weighted by atomic mass is 32.1. The van der Waals surface area contributed by atoms with Gasteiger partial charge < -0.3 is 19.3 Å². The topological polar surface area (TPSA) is 93.1 Å². The number of carbonyl (C=O) groups excluding carboxylic acids is 2. The predicted octanol–water partition coefficient (Wildman–Crippen LogP) is 7.11. The molecule has 1 heterocycles. The molecule has 4 rings (SSSR count). The van der Waals surface area contributed by atoms with Crippen molar-refractivity contribution in [1.29, 1.82) is 0 Å². The molecule has 0 aliphatic heterocycles. The molecule has 214 valence electrons. The Morgan fingerprint density at radius 1 is 1.05 bits per heavy atom. The summed E-state index contributed by atoms with van der Waals surface area (Å²) < 4.78 is 23.2. The third kappa shape index (κ3) is 7.40. The molecule has 2 saturated carbocycles. The Kier molecular flexibility index (Phi) is 10.1. The Hall–Kier alpha value is -1.99. The Balaban J connectivity index is 1.69. The fourth-order valence-corrected chi connectivity index (χ4v) is 8.47. The van der Waals surface area contributed by atoms with Gasteiger partial charge >= 0.3 is 5.97 Å². The van der Waals surface area contributed by atoms with E-state index in [0.717, 1.165) is 41.7 Å². The number of nitrogens with zero attached hydrogens (tertiary/aromatic N) is 1. The molecule has 0 bridgehead atoms. The summed E-state index contributed by atoms with van der Waals surface area (Å²) in [5.74, 6) is 0.204. The average Bonchev–Trinajstić information content (AvgIpc) is 3.35. The molecular formula is C30H42NO6PS. The normalized spacial score (nSPS) is 25.1. The lowest BCUT2D eigenvalue weighted by Crippen LogP contribution is -2.47. The number of rotatable bonds is 9. The van der Waals surface area contributed by atoms with Crippen molar-refractivity contribution in [1.82, 2.24) is 0 Å². The van der Waals surface area contributed by atoms with Gasteiger partial charge in [0.05, 0.1) is 25.5 Å². The number of benzene rings is 1. The number of aliphatic hydroxyl groups is 1. The molecule has 1 amide bonds. The number of amides is 1. The fourth-order valence-electron chi connectivity index (χ4n) is 5.88. The second-order valence-corrected chi connectivity index (χ2v) is 14.9. The van der Waals surface area contributed by atoms with Crippen LogP contribution in [0.4, 0.5) is 5.69 Å². The van der Waals surface area contributed by atoms with Gasteiger partial charge in [-0.05, 0) is 81.4 Å². The van der Waals surface area contributed by atoms with Gasteiger partial charge in [-0.25, -0.2) is 4.79 Å². The van der Waals surface area contributed by atoms with Crippen LogP contribution in [0.1, 0.15) is 80.4 Å². The van der Waals surface area contributed by atoms with Crippen molar-refractivity contribution in [2.45, 2.75) is 83.5 Å². The van der Waals surface area contributed by atoms with E-state index in [-0.39, 0.29) is 24.0 Å². The summed E-state index contributed by atoms with van der Waals surface area (Å²) in [5, 5.41) is 10.2. The van der Waals surface area contributed by atoms with Crippen molar-refractivity contribution >= 4 is 36.3 Å². The molecule has 0 spiro atoms. The molecular weight excluding hydrogens is 533 g/mol. The van der Waals surface area contributed by atoms with Crippen LogP contribution >= 0.6 is 18.7 Å². The summed E-state index contributed by atoms with van der Waals surface area (Å²) in [6, 6.07) is 9.69. The third-order valence-electron chi connectivity index (χ3n) is 8.09. The predicted molar refractivity (Wildman–Crippen MR) is 157 cm³/mol. The van der Waals surface area contributed by atoms with E-state index in [4.69, 9.17) is 9.26 Å². The largest absolute Gasteiger partial charge is 0.465 e. The smallest absolute Gasteiger partial charge is 0.350 e. The van der Waals surface area contributed by atoms with E-state index in [1.54, 1.807) is 6.66 Å². The maximum atomic E-state index is 14.1. The summed E-state index contributed by atoms with van der Waals surface area (Å²) in [7, 11) is -1.34. The van der Waals surface area contributed by atoms with Crippen molar-refractivity contribution in [2.24, 2.45) is 11.8 Å². The van der Waals surface area contributed by atoms with E-state index in [1.165, 1.54) is 18.4 Å². The van der Waals surface area contributed by atoms with Crippen LogP contribution in [-0.4, -0.2) is 49.5 Å². The Morgan fingerprint density at radius 3 is 2.28 bits per heavy atom. The lowest BCUT2D eigenvalue weighted by molar-refractivity contribution is -0.124. The first kappa shape index (κ1) is 30.0. The molecule has 2 aliphatic carbocycles. The maximum Gasteiger partial charge on any atom is 0.350 e. The number of hydrogen-bond donors (Lipinski definition) is 1. The molecule has 2 fully saturated rings. The van der Waals surface area contributed by atoms with Crippen LogP contribution in [0.15, 0.2) is 30.3 Å². The number of methoxy groups -OCH3 is 1. The SMILES string of the molecule is CCOP(C)(=O)Cc1ccc(-c2cc(N(C(=O)C3CCC(C)CC3)C3CCC(O)CC3)c(C(=O)OC)s2)cc1. The molecule has 1 N–H and O–H groups in total. The molecule has 1 atom stereocenters. The zero-order valence-corrected chi connectivity index (χ0v) is 25.3. The highest BCUT2D eigenvalue weighted by Gasteiger charge is 2.37. The summed E-state index contributed by atoms with van der Waals surface area (Å²) in [6.45, 7) is 6.14. The quantitative estimate of drug-likeness (QED) is 0.253. The first-order chi connectivity index (χ1) is 18.6. The monoisotopic (exact) mass is 575 g/mol. The second-order valence-electron chi connectivity index (χ2n) is 11.2. The van der Waals surface area contributed by atoms with Crippen molar-refractivity contribution in [3.05, 3.63) is 40.8 Å². The second kappa shape index (κ2) is 13.1. The van der Waals surface area contributed by atoms with Crippen LogP contribution in [0.25, 0.3) is 10.4 Å². The van der Waals surface area contributed by atoms with Gasteiger partial charge in [-0.15, -0.1) is 11.3 Å². The van der Waals surface area contributed by atoms with E-state index >= 15 is 0 Å². The standard InChI is InChI=1S/C30H42NO6PS/c1-5-37-38(4,35)19-21-8-12-22(13-9-21)27-18-26(28(39-27)30(34)36-3)31(24-14-16-25(32)17-15-24)29(33)23-10-6-20(2)7-11-23/h8-9,12-13,18,20,23-25,32H,5-7,10-11,14-17,19H2,1-4H3. The van der Waals surface area contributed by atoms with Crippen molar-refractivity contribution < 1.29 is 28.5 Å². The molecule has 1 aromatic heterocycles. The minimum Gasteiger partial charge on any atom is -0.465 e. The number of aliphatic hydroxyl groups excluding tert-OH is 1. The van der Waals surface area contributed by atoms with Crippen molar-refractivity contribution in [3.63, 3.8) is 0 Å². The van der Waals surface area contributed by atoms with Gasteiger partial charge in [-0.1, -0.05) is 31.2 Å². The number of thiophene rings is 1. The Bertz CT molecular complexity index is 1180. The fraction of sp³-hybridized carbons (Fsp3) is 0.600. The van der Waals surface area contributed by atoms with E-state index in [1.807, 2.05) is 42.2 Å². The highest BCUT2D eigenvalue weighted by Crippen LogP contribution is 2.47. The van der Waals surface area contributed by atoms with Crippen LogP contribution in [-0.2, 0) is 24.8 Å². The Morgan fingerprint density at radius 2 is 1.69 bits per heavy atom. The molecule has 2 aliphatic rings. The van der Waals surface area contributed by atoms with Gasteiger partial charge in [-0.2, -0.15) is 0 Å². The molecule has 1 unspecified atom stereocenters. The summed E-state index contributed by atoms with van der Waals surface area (Å²) in [6.07, 6.45) is 6.50. The van der Waals surface area contributed by atoms with Gasteiger partial charge in [0.15, 0.2) is 0 Å². The Labute approximate surface area is 236 Å². The molecule has 1 aromatic carbocycles. The van der Waals surface area contributed by atoms with Gasteiger partial charge in [0.2, 0.25) is 13.3 Å². The van der Waals surface area contributed by atoms with Crippen LogP contribution in [0, 0.1) is 11.8 Å². The first-order valence-corrected chi connectivity index (χ1v) is 17.2. The molecule has 39 heavy (non-hydrogen) atoms. The maximum absolute atomic E-state index is 14.1.